The SMILES string of the molecule is COC(=O)C1(NC(=O)[C@H]2CC(=O)N(c3cc(OC)ccc3OC)C2)CCSCC1. The Bertz CT molecular complexity index is 793. The molecular weight excluding hydrogens is 396 g/mol. The number of amides is 2. The maximum atomic E-state index is 13.0. The minimum absolute atomic E-state index is 0.0677. The number of anilines is 1. The summed E-state index contributed by atoms with van der Waals surface area (Å²) in [5, 5.41) is 2.91. The van der Waals surface area contributed by atoms with Crippen molar-refractivity contribution in [2.75, 3.05) is 44.3 Å². The Morgan fingerprint density at radius 3 is 2.52 bits per heavy atom. The molecule has 8 nitrogen and oxygen atoms in total. The molecule has 2 saturated heterocycles. The number of hydrogen-bond donors (Lipinski definition) is 1. The molecule has 0 bridgehead atoms. The molecule has 9 heteroatoms. The summed E-state index contributed by atoms with van der Waals surface area (Å²) in [5.74, 6) is 1.18. The summed E-state index contributed by atoms with van der Waals surface area (Å²) in [6.45, 7) is 0.209. The summed E-state index contributed by atoms with van der Waals surface area (Å²) in [4.78, 5) is 39.6. The van der Waals surface area contributed by atoms with Crippen LogP contribution in [0.25, 0.3) is 0 Å². The Balaban J connectivity index is 1.77. The third kappa shape index (κ3) is 4.29. The van der Waals surface area contributed by atoms with Crippen molar-refractivity contribution in [3.05, 3.63) is 18.2 Å². The average Bonchev–Trinajstić information content (AvgIpc) is 3.14. The number of hydrogen-bond acceptors (Lipinski definition) is 7. The number of carbonyl (C=O) groups is 3. The van der Waals surface area contributed by atoms with Gasteiger partial charge >= 0.3 is 5.97 Å². The maximum Gasteiger partial charge on any atom is 0.331 e. The van der Waals surface area contributed by atoms with Crippen molar-refractivity contribution in [1.29, 1.82) is 0 Å². The number of benzene rings is 1. The number of nitrogens with zero attached hydrogens (tertiary/aromatic N) is 1. The van der Waals surface area contributed by atoms with Gasteiger partial charge in [-0.3, -0.25) is 9.59 Å². The smallest absolute Gasteiger partial charge is 0.331 e. The lowest BCUT2D eigenvalue weighted by Gasteiger charge is -2.35. The van der Waals surface area contributed by atoms with Gasteiger partial charge in [-0.2, -0.15) is 11.8 Å². The molecule has 1 N–H and O–H groups in total. The first-order chi connectivity index (χ1) is 13.9. The Labute approximate surface area is 174 Å². The highest BCUT2D eigenvalue weighted by atomic mass is 32.2. The molecule has 0 spiro atoms. The predicted octanol–water partition coefficient (Wildman–Crippen LogP) is 1.61. The van der Waals surface area contributed by atoms with E-state index in [0.717, 1.165) is 11.5 Å². The van der Waals surface area contributed by atoms with E-state index in [-0.39, 0.29) is 24.8 Å². The molecule has 0 radical (unpaired) electrons. The van der Waals surface area contributed by atoms with Crippen molar-refractivity contribution in [2.45, 2.75) is 24.8 Å². The van der Waals surface area contributed by atoms with Gasteiger partial charge in [0, 0.05) is 19.0 Å². The van der Waals surface area contributed by atoms with Gasteiger partial charge in [0.05, 0.1) is 32.9 Å². The van der Waals surface area contributed by atoms with Crippen molar-refractivity contribution < 1.29 is 28.6 Å². The molecule has 2 fully saturated rings. The summed E-state index contributed by atoms with van der Waals surface area (Å²) >= 11 is 1.74. The van der Waals surface area contributed by atoms with E-state index in [1.165, 1.54) is 19.1 Å². The second-order valence-corrected chi connectivity index (χ2v) is 8.34. The third-order valence-corrected chi connectivity index (χ3v) is 6.44. The van der Waals surface area contributed by atoms with E-state index in [1.54, 1.807) is 37.1 Å². The molecule has 158 valence electrons. The van der Waals surface area contributed by atoms with E-state index < -0.39 is 17.4 Å². The largest absolute Gasteiger partial charge is 0.497 e. The second-order valence-electron chi connectivity index (χ2n) is 7.12. The highest BCUT2D eigenvalue weighted by Gasteiger charge is 2.45. The minimum Gasteiger partial charge on any atom is -0.497 e. The molecule has 3 rings (SSSR count). The first-order valence-electron chi connectivity index (χ1n) is 9.44. The number of carbonyl (C=O) groups excluding carboxylic acids is 3. The van der Waals surface area contributed by atoms with E-state index in [2.05, 4.69) is 5.32 Å². The van der Waals surface area contributed by atoms with Gasteiger partial charge in [-0.1, -0.05) is 0 Å². The van der Waals surface area contributed by atoms with E-state index in [0.29, 0.717) is 30.0 Å². The number of esters is 1. The standard InChI is InChI=1S/C20H26N2O6S/c1-26-14-4-5-16(27-2)15(11-14)22-12-13(10-17(22)23)18(24)21-20(19(25)28-3)6-8-29-9-7-20/h4-5,11,13H,6-10,12H2,1-3H3,(H,21,24)/t13-/m0/s1. The first-order valence-corrected chi connectivity index (χ1v) is 10.6. The highest BCUT2D eigenvalue weighted by molar-refractivity contribution is 7.99. The summed E-state index contributed by atoms with van der Waals surface area (Å²) < 4.78 is 15.6. The van der Waals surface area contributed by atoms with Crippen LogP contribution in [0.4, 0.5) is 5.69 Å². The predicted molar refractivity (Wildman–Crippen MR) is 109 cm³/mol. The summed E-state index contributed by atoms with van der Waals surface area (Å²) in [6, 6.07) is 5.18. The van der Waals surface area contributed by atoms with Crippen molar-refractivity contribution in [2.24, 2.45) is 5.92 Å². The average molecular weight is 423 g/mol. The van der Waals surface area contributed by atoms with Crippen LogP contribution < -0.4 is 19.7 Å². The Morgan fingerprint density at radius 2 is 1.90 bits per heavy atom. The van der Waals surface area contributed by atoms with Crippen LogP contribution in [0.2, 0.25) is 0 Å². The normalized spacial score (nSPS) is 20.9. The van der Waals surface area contributed by atoms with Gasteiger partial charge in [0.15, 0.2) is 0 Å². The molecule has 1 atom stereocenters. The monoisotopic (exact) mass is 422 g/mol. The molecule has 0 unspecified atom stereocenters. The van der Waals surface area contributed by atoms with Crippen LogP contribution in [-0.2, 0) is 19.1 Å². The van der Waals surface area contributed by atoms with Gasteiger partial charge in [-0.05, 0) is 36.5 Å². The van der Waals surface area contributed by atoms with Crippen LogP contribution in [0.1, 0.15) is 19.3 Å². The van der Waals surface area contributed by atoms with Gasteiger partial charge in [-0.15, -0.1) is 0 Å². The molecule has 1 aromatic rings. The van der Waals surface area contributed by atoms with Gasteiger partial charge < -0.3 is 24.4 Å². The van der Waals surface area contributed by atoms with Crippen LogP contribution in [0.15, 0.2) is 18.2 Å². The third-order valence-electron chi connectivity index (χ3n) is 5.46. The van der Waals surface area contributed by atoms with Crippen molar-refractivity contribution in [3.63, 3.8) is 0 Å². The fraction of sp³-hybridized carbons (Fsp3) is 0.550. The Hall–Kier alpha value is -2.42. The minimum atomic E-state index is -1.01. The lowest BCUT2D eigenvalue weighted by atomic mass is 9.91. The molecule has 29 heavy (non-hydrogen) atoms. The number of thioether (sulfide) groups is 1. The van der Waals surface area contributed by atoms with Gasteiger partial charge in [0.25, 0.3) is 0 Å². The first kappa shape index (κ1) is 21.3. The fourth-order valence-corrected chi connectivity index (χ4v) is 4.95. The summed E-state index contributed by atoms with van der Waals surface area (Å²) in [6.07, 6.45) is 1.10. The lowest BCUT2D eigenvalue weighted by molar-refractivity contribution is -0.152. The molecule has 0 aliphatic carbocycles. The van der Waals surface area contributed by atoms with Crippen LogP contribution in [0.3, 0.4) is 0 Å². The molecule has 0 saturated carbocycles. The van der Waals surface area contributed by atoms with Gasteiger partial charge in [0.2, 0.25) is 11.8 Å². The number of rotatable bonds is 6. The number of ether oxygens (including phenoxy) is 3. The van der Waals surface area contributed by atoms with Crippen molar-refractivity contribution in [1.82, 2.24) is 5.32 Å². The zero-order valence-electron chi connectivity index (χ0n) is 16.9. The molecule has 2 heterocycles. The second kappa shape index (κ2) is 8.94. The molecular formula is C20H26N2O6S. The summed E-state index contributed by atoms with van der Waals surface area (Å²) in [5.41, 5.74) is -0.454. The van der Waals surface area contributed by atoms with Crippen LogP contribution in [0, 0.1) is 5.92 Å². The zero-order chi connectivity index (χ0) is 21.0. The fourth-order valence-electron chi connectivity index (χ4n) is 3.76. The van der Waals surface area contributed by atoms with E-state index in [9.17, 15) is 14.4 Å². The molecule has 2 aliphatic rings. The Kier molecular flexibility index (Phi) is 6.56. The molecule has 2 aliphatic heterocycles. The van der Waals surface area contributed by atoms with Gasteiger partial charge in [0.1, 0.15) is 17.0 Å². The topological polar surface area (TPSA) is 94.2 Å². The quantitative estimate of drug-likeness (QED) is 0.696. The molecule has 2 amide bonds. The number of nitrogens with one attached hydrogen (secondary N) is 1. The zero-order valence-corrected chi connectivity index (χ0v) is 17.7. The lowest BCUT2D eigenvalue weighted by Crippen LogP contribution is -2.58. The van der Waals surface area contributed by atoms with Gasteiger partial charge in [-0.25, -0.2) is 4.79 Å². The molecule has 0 aromatic heterocycles. The maximum absolute atomic E-state index is 13.0. The highest BCUT2D eigenvalue weighted by Crippen LogP contribution is 2.36. The van der Waals surface area contributed by atoms with E-state index in [1.807, 2.05) is 0 Å². The number of methoxy groups -OCH3 is 3. The van der Waals surface area contributed by atoms with E-state index >= 15 is 0 Å². The van der Waals surface area contributed by atoms with Crippen molar-refractivity contribution in [3.8, 4) is 11.5 Å². The van der Waals surface area contributed by atoms with Crippen molar-refractivity contribution >= 4 is 35.2 Å². The molecule has 1 aromatic carbocycles. The Morgan fingerprint density at radius 1 is 1.17 bits per heavy atom. The summed E-state index contributed by atoms with van der Waals surface area (Å²) in [7, 11) is 4.40. The van der Waals surface area contributed by atoms with Crippen LogP contribution in [-0.4, -0.2) is 62.7 Å². The van der Waals surface area contributed by atoms with Crippen LogP contribution >= 0.6 is 11.8 Å². The van der Waals surface area contributed by atoms with Crippen LogP contribution in [0.5, 0.6) is 11.5 Å². The van der Waals surface area contributed by atoms with E-state index in [4.69, 9.17) is 14.2 Å².